The highest BCUT2D eigenvalue weighted by atomic mass is 32.2. The summed E-state index contributed by atoms with van der Waals surface area (Å²) in [5.41, 5.74) is 1.06. The average molecular weight is 423 g/mol. The number of aryl methyl sites for hydroxylation is 1. The fraction of sp³-hybridized carbons (Fsp3) is 0.350. The van der Waals surface area contributed by atoms with E-state index in [0.29, 0.717) is 28.5 Å². The molecule has 8 nitrogen and oxygen atoms in total. The number of rotatable bonds is 9. The maximum Gasteiger partial charge on any atom is 0.262 e. The number of amides is 1. The van der Waals surface area contributed by atoms with E-state index in [1.807, 2.05) is 0 Å². The van der Waals surface area contributed by atoms with Gasteiger partial charge < -0.3 is 19.5 Å². The Balaban J connectivity index is 2.06. The van der Waals surface area contributed by atoms with Crippen LogP contribution in [-0.4, -0.2) is 41.2 Å². The summed E-state index contributed by atoms with van der Waals surface area (Å²) in [7, 11) is -0.567. The highest BCUT2D eigenvalue weighted by Crippen LogP contribution is 2.29. The summed E-state index contributed by atoms with van der Waals surface area (Å²) >= 11 is 0. The molecule has 29 heavy (non-hydrogen) atoms. The molecule has 0 atom stereocenters. The van der Waals surface area contributed by atoms with Gasteiger partial charge in [-0.05, 0) is 56.7 Å². The number of nitrogens with one attached hydrogen (secondary N) is 2. The minimum absolute atomic E-state index is 0.140. The van der Waals surface area contributed by atoms with Crippen molar-refractivity contribution in [2.45, 2.75) is 31.7 Å². The molecule has 2 rings (SSSR count). The number of carbonyl (C=O) groups is 1. The lowest BCUT2D eigenvalue weighted by atomic mass is 10.2. The number of carbonyl (C=O) groups excluding carboxylic acids is 1. The predicted octanol–water partition coefficient (Wildman–Crippen LogP) is 2.72. The molecule has 0 spiro atoms. The van der Waals surface area contributed by atoms with Crippen LogP contribution >= 0.6 is 0 Å². The Morgan fingerprint density at radius 2 is 1.72 bits per heavy atom. The molecule has 0 bridgehead atoms. The summed E-state index contributed by atoms with van der Waals surface area (Å²) in [4.78, 5) is 12.4. The van der Waals surface area contributed by atoms with Crippen LogP contribution in [0.4, 0.5) is 5.69 Å². The van der Waals surface area contributed by atoms with Gasteiger partial charge >= 0.3 is 0 Å². The predicted molar refractivity (Wildman–Crippen MR) is 110 cm³/mol. The van der Waals surface area contributed by atoms with Crippen molar-refractivity contribution < 1.29 is 27.4 Å². The standard InChI is InChI=1S/C20H26N2O6S/c1-13(2)22-29(24,25)16-7-9-18(14(3)10-16)28-12-20(23)21-17-11-15(26-4)6-8-19(17)27-5/h6-11,13,22H,12H2,1-5H3,(H,21,23). The number of benzene rings is 2. The van der Waals surface area contributed by atoms with Gasteiger partial charge in [0.05, 0.1) is 24.8 Å². The van der Waals surface area contributed by atoms with Gasteiger partial charge in [0.2, 0.25) is 10.0 Å². The molecule has 1 amide bonds. The van der Waals surface area contributed by atoms with Crippen LogP contribution in [0.15, 0.2) is 41.3 Å². The molecule has 0 aromatic heterocycles. The van der Waals surface area contributed by atoms with E-state index >= 15 is 0 Å². The van der Waals surface area contributed by atoms with Gasteiger partial charge in [0.25, 0.3) is 5.91 Å². The van der Waals surface area contributed by atoms with E-state index in [1.54, 1.807) is 39.0 Å². The molecule has 158 valence electrons. The fourth-order valence-corrected chi connectivity index (χ4v) is 3.91. The Morgan fingerprint density at radius 1 is 1.03 bits per heavy atom. The maximum atomic E-state index is 12.3. The topological polar surface area (TPSA) is 103 Å². The molecule has 2 aromatic carbocycles. The van der Waals surface area contributed by atoms with Crippen molar-refractivity contribution in [1.29, 1.82) is 0 Å². The van der Waals surface area contributed by atoms with Crippen molar-refractivity contribution in [3.8, 4) is 17.2 Å². The number of methoxy groups -OCH3 is 2. The third-order valence-corrected chi connectivity index (χ3v) is 5.54. The first-order valence-electron chi connectivity index (χ1n) is 8.94. The largest absolute Gasteiger partial charge is 0.497 e. The van der Waals surface area contributed by atoms with Crippen LogP contribution in [0, 0.1) is 6.92 Å². The second-order valence-corrected chi connectivity index (χ2v) is 8.32. The van der Waals surface area contributed by atoms with Gasteiger partial charge in [-0.3, -0.25) is 4.79 Å². The van der Waals surface area contributed by atoms with E-state index < -0.39 is 15.9 Å². The van der Waals surface area contributed by atoms with Crippen molar-refractivity contribution in [3.63, 3.8) is 0 Å². The Labute approximate surface area is 171 Å². The van der Waals surface area contributed by atoms with Crippen LogP contribution < -0.4 is 24.2 Å². The number of hydrogen-bond donors (Lipinski definition) is 2. The number of sulfonamides is 1. The van der Waals surface area contributed by atoms with Gasteiger partial charge in [0.1, 0.15) is 17.2 Å². The molecule has 0 saturated carbocycles. The van der Waals surface area contributed by atoms with E-state index in [2.05, 4.69) is 10.0 Å². The van der Waals surface area contributed by atoms with Gasteiger partial charge in [-0.25, -0.2) is 13.1 Å². The summed E-state index contributed by atoms with van der Waals surface area (Å²) in [6, 6.07) is 9.31. The van der Waals surface area contributed by atoms with E-state index in [-0.39, 0.29) is 17.5 Å². The molecular formula is C20H26N2O6S. The second kappa shape index (κ2) is 9.62. The van der Waals surface area contributed by atoms with E-state index in [9.17, 15) is 13.2 Å². The minimum atomic E-state index is -3.60. The third kappa shape index (κ3) is 6.10. The van der Waals surface area contributed by atoms with Crippen molar-refractivity contribution in [3.05, 3.63) is 42.0 Å². The lowest BCUT2D eigenvalue weighted by molar-refractivity contribution is -0.118. The zero-order valence-corrected chi connectivity index (χ0v) is 17.9. The summed E-state index contributed by atoms with van der Waals surface area (Å²) in [5, 5.41) is 2.71. The average Bonchev–Trinajstić information content (AvgIpc) is 2.65. The molecule has 0 saturated heterocycles. The summed E-state index contributed by atoms with van der Waals surface area (Å²) in [5.74, 6) is 1.09. The van der Waals surface area contributed by atoms with Crippen LogP contribution in [-0.2, 0) is 14.8 Å². The molecule has 0 fully saturated rings. The van der Waals surface area contributed by atoms with E-state index in [4.69, 9.17) is 14.2 Å². The Bertz CT molecular complexity index is 973. The molecule has 0 aliphatic carbocycles. The third-order valence-electron chi connectivity index (χ3n) is 3.89. The van der Waals surface area contributed by atoms with Crippen molar-refractivity contribution in [2.75, 3.05) is 26.1 Å². The zero-order valence-electron chi connectivity index (χ0n) is 17.1. The van der Waals surface area contributed by atoms with Crippen molar-refractivity contribution in [1.82, 2.24) is 4.72 Å². The van der Waals surface area contributed by atoms with Gasteiger partial charge in [0, 0.05) is 12.1 Å². The van der Waals surface area contributed by atoms with Crippen molar-refractivity contribution in [2.24, 2.45) is 0 Å². The smallest absolute Gasteiger partial charge is 0.262 e. The molecule has 0 unspecified atom stereocenters. The Hall–Kier alpha value is -2.78. The normalized spacial score (nSPS) is 11.2. The monoisotopic (exact) mass is 422 g/mol. The van der Waals surface area contributed by atoms with Crippen LogP contribution in [0.5, 0.6) is 17.2 Å². The summed E-state index contributed by atoms with van der Waals surface area (Å²) in [6.07, 6.45) is 0. The first-order valence-corrected chi connectivity index (χ1v) is 10.4. The first kappa shape index (κ1) is 22.5. The molecule has 0 aliphatic heterocycles. The highest BCUT2D eigenvalue weighted by Gasteiger charge is 2.17. The minimum Gasteiger partial charge on any atom is -0.497 e. The molecule has 0 heterocycles. The maximum absolute atomic E-state index is 12.3. The molecule has 0 aliphatic rings. The van der Waals surface area contributed by atoms with Gasteiger partial charge in [-0.2, -0.15) is 0 Å². The van der Waals surface area contributed by atoms with Crippen LogP contribution in [0.2, 0.25) is 0 Å². The molecule has 2 aromatic rings. The number of hydrogen-bond acceptors (Lipinski definition) is 6. The van der Waals surface area contributed by atoms with Gasteiger partial charge in [-0.15, -0.1) is 0 Å². The lowest BCUT2D eigenvalue weighted by Crippen LogP contribution is -2.30. The molecule has 0 radical (unpaired) electrons. The summed E-state index contributed by atoms with van der Waals surface area (Å²) < 4.78 is 43.0. The SMILES string of the molecule is COc1ccc(OC)c(NC(=O)COc2ccc(S(=O)(=O)NC(C)C)cc2C)c1. The zero-order chi connectivity index (χ0) is 21.6. The van der Waals surface area contributed by atoms with Crippen LogP contribution in [0.25, 0.3) is 0 Å². The van der Waals surface area contributed by atoms with E-state index in [1.165, 1.54) is 32.4 Å². The fourth-order valence-electron chi connectivity index (χ4n) is 2.57. The molecule has 2 N–H and O–H groups in total. The van der Waals surface area contributed by atoms with Gasteiger partial charge in [-0.1, -0.05) is 0 Å². The van der Waals surface area contributed by atoms with Crippen LogP contribution in [0.1, 0.15) is 19.4 Å². The van der Waals surface area contributed by atoms with E-state index in [0.717, 1.165) is 0 Å². The second-order valence-electron chi connectivity index (χ2n) is 6.61. The molecular weight excluding hydrogens is 396 g/mol. The molecule has 9 heteroatoms. The van der Waals surface area contributed by atoms with Crippen LogP contribution in [0.3, 0.4) is 0 Å². The number of ether oxygens (including phenoxy) is 3. The number of anilines is 1. The first-order chi connectivity index (χ1) is 13.7. The lowest BCUT2D eigenvalue weighted by Gasteiger charge is -2.14. The highest BCUT2D eigenvalue weighted by molar-refractivity contribution is 7.89. The Kier molecular flexibility index (Phi) is 7.46. The Morgan fingerprint density at radius 3 is 2.31 bits per heavy atom. The van der Waals surface area contributed by atoms with Crippen molar-refractivity contribution >= 4 is 21.6 Å². The summed E-state index contributed by atoms with van der Waals surface area (Å²) in [6.45, 7) is 4.96. The van der Waals surface area contributed by atoms with Gasteiger partial charge in [0.15, 0.2) is 6.61 Å². The quantitative estimate of drug-likeness (QED) is 0.644.